The lowest BCUT2D eigenvalue weighted by molar-refractivity contribution is 0.516. The van der Waals surface area contributed by atoms with Crippen molar-refractivity contribution in [3.8, 4) is 0 Å². The van der Waals surface area contributed by atoms with Crippen molar-refractivity contribution in [1.29, 1.82) is 0 Å². The van der Waals surface area contributed by atoms with Crippen molar-refractivity contribution in [2.24, 2.45) is 11.1 Å². The highest BCUT2D eigenvalue weighted by molar-refractivity contribution is 7.99. The van der Waals surface area contributed by atoms with E-state index in [2.05, 4.69) is 5.32 Å². The molecule has 1 aliphatic heterocycles. The molecule has 0 aromatic heterocycles. The van der Waals surface area contributed by atoms with Gasteiger partial charge in [-0.15, -0.1) is 0 Å². The van der Waals surface area contributed by atoms with Crippen molar-refractivity contribution in [3.63, 3.8) is 0 Å². The van der Waals surface area contributed by atoms with E-state index in [1.807, 2.05) is 11.8 Å². The standard InChI is InChI=1S/C12H19N3O2S2/c13-12-10(2-1-3-11(12)19(14,16)17)15-8-9-4-6-18-7-5-9/h1-3,9,15H,4-8,13H2,(H2,14,16,17). The number of nitrogens with two attached hydrogens (primary N) is 2. The van der Waals surface area contributed by atoms with E-state index in [4.69, 9.17) is 10.9 Å². The van der Waals surface area contributed by atoms with Crippen molar-refractivity contribution in [2.75, 3.05) is 29.1 Å². The summed E-state index contributed by atoms with van der Waals surface area (Å²) in [5, 5.41) is 8.37. The van der Waals surface area contributed by atoms with Gasteiger partial charge in [0, 0.05) is 6.54 Å². The molecule has 0 bridgehead atoms. The number of sulfonamides is 1. The molecular weight excluding hydrogens is 282 g/mol. The Labute approximate surface area is 118 Å². The monoisotopic (exact) mass is 301 g/mol. The van der Waals surface area contributed by atoms with Crippen molar-refractivity contribution >= 4 is 33.2 Å². The number of thioether (sulfide) groups is 1. The summed E-state index contributed by atoms with van der Waals surface area (Å²) in [6.07, 6.45) is 2.37. The maximum Gasteiger partial charge on any atom is 0.240 e. The van der Waals surface area contributed by atoms with E-state index in [-0.39, 0.29) is 10.6 Å². The predicted molar refractivity (Wildman–Crippen MR) is 80.8 cm³/mol. The Balaban J connectivity index is 2.08. The van der Waals surface area contributed by atoms with E-state index in [0.29, 0.717) is 11.6 Å². The highest BCUT2D eigenvalue weighted by Crippen LogP contribution is 2.27. The van der Waals surface area contributed by atoms with Gasteiger partial charge >= 0.3 is 0 Å². The average molecular weight is 301 g/mol. The summed E-state index contributed by atoms with van der Waals surface area (Å²) in [6, 6.07) is 4.85. The van der Waals surface area contributed by atoms with Crippen LogP contribution in [0.4, 0.5) is 11.4 Å². The molecular formula is C12H19N3O2S2. The zero-order chi connectivity index (χ0) is 13.9. The molecule has 0 spiro atoms. The number of benzene rings is 1. The molecule has 1 saturated heterocycles. The second kappa shape index (κ2) is 6.02. The fraction of sp³-hybridized carbons (Fsp3) is 0.500. The van der Waals surface area contributed by atoms with Gasteiger partial charge in [-0.1, -0.05) is 6.07 Å². The number of rotatable bonds is 4. The number of nitrogens with one attached hydrogen (secondary N) is 1. The first-order chi connectivity index (χ1) is 8.98. The zero-order valence-electron chi connectivity index (χ0n) is 10.6. The van der Waals surface area contributed by atoms with Gasteiger partial charge in [0.2, 0.25) is 10.0 Å². The molecule has 19 heavy (non-hydrogen) atoms. The summed E-state index contributed by atoms with van der Waals surface area (Å²) >= 11 is 1.98. The number of anilines is 2. The average Bonchev–Trinajstić information content (AvgIpc) is 2.37. The Kier molecular flexibility index (Phi) is 4.59. The first-order valence-corrected chi connectivity index (χ1v) is 8.91. The van der Waals surface area contributed by atoms with Gasteiger partial charge in [-0.3, -0.25) is 0 Å². The van der Waals surface area contributed by atoms with Crippen molar-refractivity contribution in [2.45, 2.75) is 17.7 Å². The Hall–Kier alpha value is -0.920. The smallest absolute Gasteiger partial charge is 0.240 e. The van der Waals surface area contributed by atoms with Crippen molar-refractivity contribution < 1.29 is 8.42 Å². The fourth-order valence-corrected chi connectivity index (χ4v) is 4.04. The molecule has 0 amide bonds. The van der Waals surface area contributed by atoms with Gasteiger partial charge in [0.05, 0.1) is 11.4 Å². The lowest BCUT2D eigenvalue weighted by Crippen LogP contribution is -2.20. The van der Waals surface area contributed by atoms with Gasteiger partial charge in [-0.25, -0.2) is 13.6 Å². The van der Waals surface area contributed by atoms with E-state index in [1.54, 1.807) is 12.1 Å². The minimum Gasteiger partial charge on any atom is -0.396 e. The lowest BCUT2D eigenvalue weighted by Gasteiger charge is -2.22. The molecule has 0 radical (unpaired) electrons. The van der Waals surface area contributed by atoms with Gasteiger partial charge in [0.25, 0.3) is 0 Å². The second-order valence-electron chi connectivity index (χ2n) is 4.70. The first-order valence-electron chi connectivity index (χ1n) is 6.21. The number of para-hydroxylation sites is 1. The zero-order valence-corrected chi connectivity index (χ0v) is 12.3. The van der Waals surface area contributed by atoms with E-state index >= 15 is 0 Å². The number of primary sulfonamides is 1. The first kappa shape index (κ1) is 14.5. The Morgan fingerprint density at radius 1 is 1.32 bits per heavy atom. The van der Waals surface area contributed by atoms with Gasteiger partial charge in [0.15, 0.2) is 0 Å². The summed E-state index contributed by atoms with van der Waals surface area (Å²) in [6.45, 7) is 0.818. The van der Waals surface area contributed by atoms with Crippen LogP contribution in [0, 0.1) is 5.92 Å². The Morgan fingerprint density at radius 3 is 2.63 bits per heavy atom. The molecule has 0 unspecified atom stereocenters. The molecule has 0 saturated carbocycles. The van der Waals surface area contributed by atoms with Crippen molar-refractivity contribution in [1.82, 2.24) is 0 Å². The van der Waals surface area contributed by atoms with Crippen molar-refractivity contribution in [3.05, 3.63) is 18.2 Å². The van der Waals surface area contributed by atoms with Crippen LogP contribution in [-0.2, 0) is 10.0 Å². The SMILES string of the molecule is Nc1c(NCC2CCSCC2)cccc1S(N)(=O)=O. The molecule has 1 heterocycles. The molecule has 5 nitrogen and oxygen atoms in total. The van der Waals surface area contributed by atoms with E-state index < -0.39 is 10.0 Å². The highest BCUT2D eigenvalue weighted by Gasteiger charge is 2.17. The molecule has 0 aliphatic carbocycles. The van der Waals surface area contributed by atoms with Gasteiger partial charge in [-0.05, 0) is 42.4 Å². The van der Waals surface area contributed by atoms with E-state index in [1.165, 1.54) is 30.4 Å². The number of nitrogen functional groups attached to an aromatic ring is 1. The topological polar surface area (TPSA) is 98.2 Å². The molecule has 5 N–H and O–H groups in total. The molecule has 106 valence electrons. The van der Waals surface area contributed by atoms with Gasteiger partial charge < -0.3 is 11.1 Å². The quantitative estimate of drug-likeness (QED) is 0.732. The highest BCUT2D eigenvalue weighted by atomic mass is 32.2. The molecule has 7 heteroatoms. The molecule has 1 aromatic rings. The van der Waals surface area contributed by atoms with Crippen LogP contribution in [0.2, 0.25) is 0 Å². The van der Waals surface area contributed by atoms with Crippen LogP contribution < -0.4 is 16.2 Å². The van der Waals surface area contributed by atoms with Gasteiger partial charge in [0.1, 0.15) is 4.90 Å². The summed E-state index contributed by atoms with van der Waals surface area (Å²) in [5.74, 6) is 3.01. The molecule has 1 aliphatic rings. The van der Waals surface area contributed by atoms with Crippen LogP contribution in [0.15, 0.2) is 23.1 Å². The van der Waals surface area contributed by atoms with Crippen LogP contribution in [0.5, 0.6) is 0 Å². The third-order valence-corrected chi connectivity index (χ3v) is 5.31. The maximum atomic E-state index is 11.4. The normalized spacial score (nSPS) is 17.3. The summed E-state index contributed by atoms with van der Waals surface area (Å²) in [5.41, 5.74) is 6.71. The third-order valence-electron chi connectivity index (χ3n) is 3.29. The third kappa shape index (κ3) is 3.77. The molecule has 1 aromatic carbocycles. The largest absolute Gasteiger partial charge is 0.396 e. The lowest BCUT2D eigenvalue weighted by atomic mass is 10.0. The summed E-state index contributed by atoms with van der Waals surface area (Å²) in [4.78, 5) is -0.0169. The second-order valence-corrected chi connectivity index (χ2v) is 7.45. The minimum atomic E-state index is -3.77. The molecule has 2 rings (SSSR count). The van der Waals surface area contributed by atoms with E-state index in [9.17, 15) is 8.42 Å². The Bertz CT molecular complexity index is 540. The van der Waals surface area contributed by atoms with Crippen LogP contribution in [0.1, 0.15) is 12.8 Å². The summed E-state index contributed by atoms with van der Waals surface area (Å²) < 4.78 is 22.8. The van der Waals surface area contributed by atoms with Crippen LogP contribution in [-0.4, -0.2) is 26.5 Å². The fourth-order valence-electron chi connectivity index (χ4n) is 2.15. The molecule has 1 fully saturated rings. The Morgan fingerprint density at radius 2 is 2.00 bits per heavy atom. The minimum absolute atomic E-state index is 0.0169. The molecule has 0 atom stereocenters. The van der Waals surface area contributed by atoms with Crippen LogP contribution in [0.25, 0.3) is 0 Å². The van der Waals surface area contributed by atoms with Crippen LogP contribution in [0.3, 0.4) is 0 Å². The predicted octanol–water partition coefficient (Wildman–Crippen LogP) is 1.47. The maximum absolute atomic E-state index is 11.4. The van der Waals surface area contributed by atoms with Crippen LogP contribution >= 0.6 is 11.8 Å². The summed E-state index contributed by atoms with van der Waals surface area (Å²) in [7, 11) is -3.77. The number of hydrogen-bond donors (Lipinski definition) is 3. The van der Waals surface area contributed by atoms with Gasteiger partial charge in [-0.2, -0.15) is 11.8 Å². The number of hydrogen-bond acceptors (Lipinski definition) is 5. The van der Waals surface area contributed by atoms with E-state index in [0.717, 1.165) is 6.54 Å².